The van der Waals surface area contributed by atoms with Crippen LogP contribution in [0, 0.1) is 0 Å². The fourth-order valence-corrected chi connectivity index (χ4v) is 5.74. The molecule has 2 unspecified atom stereocenters. The van der Waals surface area contributed by atoms with E-state index in [2.05, 4.69) is 106 Å². The Morgan fingerprint density at radius 1 is 0.774 bits per heavy atom. The van der Waals surface area contributed by atoms with E-state index < -0.39 is 0 Å². The van der Waals surface area contributed by atoms with Crippen LogP contribution in [0.25, 0.3) is 22.4 Å². The van der Waals surface area contributed by atoms with Crippen LogP contribution in [0.15, 0.2) is 66.9 Å². The number of hydrogen-bond acceptors (Lipinski definition) is 0. The number of aromatic nitrogens is 1. The largest absolute Gasteiger partial charge is 0.213 e. The zero-order valence-electron chi connectivity index (χ0n) is 20.0. The molecule has 0 spiro atoms. The summed E-state index contributed by atoms with van der Waals surface area (Å²) in [6, 6.07) is 22.6. The molecule has 0 fully saturated rings. The summed E-state index contributed by atoms with van der Waals surface area (Å²) in [7, 11) is 0. The highest BCUT2D eigenvalue weighted by molar-refractivity contribution is 5.71. The molecule has 3 aromatic rings. The van der Waals surface area contributed by atoms with Crippen LogP contribution in [0.4, 0.5) is 0 Å². The number of aryl methyl sites for hydroxylation is 1. The first-order valence-corrected chi connectivity index (χ1v) is 12.2. The van der Waals surface area contributed by atoms with E-state index in [1.165, 1.54) is 52.8 Å². The standard InChI is InChI=1S/C30H38N/c1-6-9-11-18-24-21-28-25-19-14-15-20-27(25)29(4,7-2)30(5,8-3)31(28)22-26(24)23-16-12-10-13-17-23/h10,12-17,19-22H,6-9,11,18H2,1-5H3/q+1. The minimum absolute atomic E-state index is 0.0247. The number of pyridine rings is 1. The summed E-state index contributed by atoms with van der Waals surface area (Å²) in [4.78, 5) is 0. The van der Waals surface area contributed by atoms with Crippen LogP contribution in [0.5, 0.6) is 0 Å². The van der Waals surface area contributed by atoms with Crippen LogP contribution in [0.1, 0.15) is 77.8 Å². The maximum absolute atomic E-state index is 2.63. The van der Waals surface area contributed by atoms with Crippen LogP contribution in [0.3, 0.4) is 0 Å². The molecule has 0 aliphatic carbocycles. The fraction of sp³-hybridized carbons (Fsp3) is 0.433. The summed E-state index contributed by atoms with van der Waals surface area (Å²) < 4.78 is 2.63. The molecular formula is C30H38N+. The van der Waals surface area contributed by atoms with Gasteiger partial charge >= 0.3 is 0 Å². The molecule has 0 amide bonds. The summed E-state index contributed by atoms with van der Waals surface area (Å²) in [5, 5.41) is 0. The van der Waals surface area contributed by atoms with Gasteiger partial charge in [0.15, 0.2) is 11.7 Å². The first-order chi connectivity index (χ1) is 15.0. The fourth-order valence-electron chi connectivity index (χ4n) is 5.74. The molecule has 1 nitrogen and oxygen atoms in total. The average molecular weight is 413 g/mol. The summed E-state index contributed by atoms with van der Waals surface area (Å²) >= 11 is 0. The van der Waals surface area contributed by atoms with Crippen molar-refractivity contribution in [3.05, 3.63) is 78.0 Å². The van der Waals surface area contributed by atoms with E-state index in [9.17, 15) is 0 Å². The van der Waals surface area contributed by atoms with Crippen LogP contribution in [0.2, 0.25) is 0 Å². The Balaban J connectivity index is 2.01. The summed E-state index contributed by atoms with van der Waals surface area (Å²) in [6.07, 6.45) is 9.65. The van der Waals surface area contributed by atoms with Crippen molar-refractivity contribution in [3.63, 3.8) is 0 Å². The average Bonchev–Trinajstić information content (AvgIpc) is 2.82. The third-order valence-electron chi connectivity index (χ3n) is 8.22. The smallest absolute Gasteiger partial charge is 0.192 e. The van der Waals surface area contributed by atoms with Gasteiger partial charge in [-0.15, -0.1) is 0 Å². The van der Waals surface area contributed by atoms with Gasteiger partial charge in [0.25, 0.3) is 0 Å². The maximum atomic E-state index is 2.63. The molecule has 2 atom stereocenters. The molecule has 162 valence electrons. The van der Waals surface area contributed by atoms with Gasteiger partial charge in [0.05, 0.1) is 11.0 Å². The zero-order valence-corrected chi connectivity index (χ0v) is 20.0. The topological polar surface area (TPSA) is 3.88 Å². The number of unbranched alkanes of at least 4 members (excludes halogenated alkanes) is 2. The summed E-state index contributed by atoms with van der Waals surface area (Å²) in [6.45, 7) is 11.9. The SMILES string of the molecule is CCCCCc1cc2[n+](cc1-c1ccccc1)C(C)(CC)C(C)(CC)c1ccccc1-2. The molecule has 4 rings (SSSR count). The van der Waals surface area contributed by atoms with Crippen molar-refractivity contribution >= 4 is 0 Å². The summed E-state index contributed by atoms with van der Waals surface area (Å²) in [5.74, 6) is 0. The van der Waals surface area contributed by atoms with Gasteiger partial charge in [0.2, 0.25) is 5.69 Å². The molecule has 1 heteroatoms. The number of fused-ring (bicyclic) bond motifs is 3. The molecule has 1 aromatic heterocycles. The van der Waals surface area contributed by atoms with E-state index in [-0.39, 0.29) is 11.0 Å². The quantitative estimate of drug-likeness (QED) is 0.275. The molecular weight excluding hydrogens is 374 g/mol. The molecule has 31 heavy (non-hydrogen) atoms. The Morgan fingerprint density at radius 3 is 2.16 bits per heavy atom. The molecule has 2 heterocycles. The van der Waals surface area contributed by atoms with Gasteiger partial charge in [-0.3, -0.25) is 0 Å². The number of benzene rings is 2. The molecule has 0 radical (unpaired) electrons. The lowest BCUT2D eigenvalue weighted by Gasteiger charge is -2.46. The maximum Gasteiger partial charge on any atom is 0.213 e. The van der Waals surface area contributed by atoms with Crippen molar-refractivity contribution < 1.29 is 4.57 Å². The molecule has 0 bridgehead atoms. The molecule has 1 aliphatic heterocycles. The highest BCUT2D eigenvalue weighted by Gasteiger charge is 2.56. The highest BCUT2D eigenvalue weighted by atomic mass is 15.1. The number of hydrogen-bond donors (Lipinski definition) is 0. The second-order valence-electron chi connectivity index (χ2n) is 9.65. The number of nitrogens with zero attached hydrogens (tertiary/aromatic N) is 1. The van der Waals surface area contributed by atoms with E-state index in [0.29, 0.717) is 0 Å². The zero-order chi connectivity index (χ0) is 22.1. The third-order valence-corrected chi connectivity index (χ3v) is 8.22. The normalized spacial score (nSPS) is 22.1. The van der Waals surface area contributed by atoms with Crippen molar-refractivity contribution in [1.82, 2.24) is 0 Å². The van der Waals surface area contributed by atoms with Crippen LogP contribution in [-0.4, -0.2) is 0 Å². The minimum atomic E-state index is 0.0247. The molecule has 0 saturated carbocycles. The van der Waals surface area contributed by atoms with Crippen molar-refractivity contribution in [2.45, 2.75) is 84.1 Å². The second-order valence-corrected chi connectivity index (χ2v) is 9.65. The predicted molar refractivity (Wildman–Crippen MR) is 132 cm³/mol. The monoisotopic (exact) mass is 412 g/mol. The van der Waals surface area contributed by atoms with Crippen molar-refractivity contribution in [2.75, 3.05) is 0 Å². The molecule has 1 aliphatic rings. The first-order valence-electron chi connectivity index (χ1n) is 12.2. The predicted octanol–water partition coefficient (Wildman–Crippen LogP) is 7.85. The Kier molecular flexibility index (Phi) is 6.06. The van der Waals surface area contributed by atoms with E-state index in [4.69, 9.17) is 0 Å². The molecule has 2 aromatic carbocycles. The van der Waals surface area contributed by atoms with Crippen molar-refractivity contribution in [1.29, 1.82) is 0 Å². The Morgan fingerprint density at radius 2 is 1.48 bits per heavy atom. The lowest BCUT2D eigenvalue weighted by molar-refractivity contribution is -0.764. The third kappa shape index (κ3) is 3.43. The van der Waals surface area contributed by atoms with Gasteiger partial charge < -0.3 is 0 Å². The van der Waals surface area contributed by atoms with Gasteiger partial charge in [-0.2, -0.15) is 4.57 Å². The van der Waals surface area contributed by atoms with Gasteiger partial charge in [-0.1, -0.05) is 82.1 Å². The lowest BCUT2D eigenvalue weighted by atomic mass is 9.60. The van der Waals surface area contributed by atoms with Crippen molar-refractivity contribution in [2.24, 2.45) is 0 Å². The second kappa shape index (κ2) is 8.61. The van der Waals surface area contributed by atoms with Gasteiger partial charge in [0.1, 0.15) is 0 Å². The van der Waals surface area contributed by atoms with Crippen molar-refractivity contribution in [3.8, 4) is 22.4 Å². The van der Waals surface area contributed by atoms with E-state index in [1.807, 2.05) is 0 Å². The van der Waals surface area contributed by atoms with Crippen LogP contribution >= 0.6 is 0 Å². The Bertz CT molecular complexity index is 1050. The number of rotatable bonds is 7. The van der Waals surface area contributed by atoms with E-state index in [0.717, 1.165) is 19.3 Å². The van der Waals surface area contributed by atoms with Gasteiger partial charge in [-0.25, -0.2) is 0 Å². The molecule has 0 saturated heterocycles. The Hall–Kier alpha value is -2.41. The highest BCUT2D eigenvalue weighted by Crippen LogP contribution is 2.50. The van der Waals surface area contributed by atoms with Gasteiger partial charge in [0, 0.05) is 25.0 Å². The van der Waals surface area contributed by atoms with Crippen LogP contribution < -0.4 is 4.57 Å². The first kappa shape index (κ1) is 21.8. The minimum Gasteiger partial charge on any atom is -0.192 e. The lowest BCUT2D eigenvalue weighted by Crippen LogP contribution is -2.67. The molecule has 0 N–H and O–H groups in total. The van der Waals surface area contributed by atoms with E-state index in [1.54, 1.807) is 0 Å². The summed E-state index contributed by atoms with van der Waals surface area (Å²) in [5.41, 5.74) is 8.64. The van der Waals surface area contributed by atoms with E-state index >= 15 is 0 Å². The Labute approximate surface area is 189 Å². The van der Waals surface area contributed by atoms with Crippen LogP contribution in [-0.2, 0) is 17.4 Å². The van der Waals surface area contributed by atoms with Gasteiger partial charge in [-0.05, 0) is 48.9 Å².